The van der Waals surface area contributed by atoms with Gasteiger partial charge in [-0.25, -0.2) is 9.97 Å². The Morgan fingerprint density at radius 3 is 2.83 bits per heavy atom. The van der Waals surface area contributed by atoms with Crippen molar-refractivity contribution in [3.8, 4) is 0 Å². The van der Waals surface area contributed by atoms with Crippen LogP contribution in [0.5, 0.6) is 0 Å². The topological polar surface area (TPSA) is 38.2 Å². The lowest BCUT2D eigenvalue weighted by molar-refractivity contribution is 0.122. The number of ether oxygens (including phenoxy) is 1. The van der Waals surface area contributed by atoms with Crippen LogP contribution >= 0.6 is 0 Å². The number of hydrogen-bond acceptors (Lipinski definition) is 4. The van der Waals surface area contributed by atoms with Crippen LogP contribution < -0.4 is 4.90 Å². The quantitative estimate of drug-likeness (QED) is 0.819. The summed E-state index contributed by atoms with van der Waals surface area (Å²) in [5, 5.41) is 0. The van der Waals surface area contributed by atoms with Crippen molar-refractivity contribution >= 4 is 12.0 Å². The van der Waals surface area contributed by atoms with E-state index in [2.05, 4.69) is 33.9 Å². The average molecular weight is 247 g/mol. The van der Waals surface area contributed by atoms with E-state index in [9.17, 15) is 0 Å². The van der Waals surface area contributed by atoms with Gasteiger partial charge in [-0.15, -0.1) is 0 Å². The van der Waals surface area contributed by atoms with Gasteiger partial charge in [-0.05, 0) is 25.5 Å². The fourth-order valence-electron chi connectivity index (χ4n) is 1.94. The van der Waals surface area contributed by atoms with E-state index in [1.54, 1.807) is 0 Å². The van der Waals surface area contributed by atoms with Crippen LogP contribution in [0.15, 0.2) is 12.1 Å². The SMILES string of the molecule is CCC/C=C/c1cc(C)nc(N2CCOCC2)n1. The Bertz CT molecular complexity index is 412. The standard InChI is InChI=1S/C14H21N3O/c1-3-4-5-6-13-11-12(2)15-14(16-13)17-7-9-18-10-8-17/h5-6,11H,3-4,7-10H2,1-2H3/b6-5+. The van der Waals surface area contributed by atoms with Crippen LogP contribution in [0.25, 0.3) is 6.08 Å². The maximum Gasteiger partial charge on any atom is 0.226 e. The summed E-state index contributed by atoms with van der Waals surface area (Å²) in [5.41, 5.74) is 2.01. The zero-order chi connectivity index (χ0) is 12.8. The van der Waals surface area contributed by atoms with Crippen molar-refractivity contribution in [2.75, 3.05) is 31.2 Å². The molecule has 4 heteroatoms. The molecule has 0 radical (unpaired) electrons. The third-order valence-electron chi connectivity index (χ3n) is 2.90. The molecule has 18 heavy (non-hydrogen) atoms. The number of anilines is 1. The minimum absolute atomic E-state index is 0.762. The molecule has 0 aromatic carbocycles. The van der Waals surface area contributed by atoms with Crippen molar-refractivity contribution in [1.29, 1.82) is 0 Å². The van der Waals surface area contributed by atoms with Gasteiger partial charge in [0.15, 0.2) is 0 Å². The molecule has 0 amide bonds. The highest BCUT2D eigenvalue weighted by Gasteiger charge is 2.14. The number of morpholine rings is 1. The fourth-order valence-corrected chi connectivity index (χ4v) is 1.94. The average Bonchev–Trinajstić information content (AvgIpc) is 2.39. The van der Waals surface area contributed by atoms with Crippen LogP contribution in [0.2, 0.25) is 0 Å². The van der Waals surface area contributed by atoms with Gasteiger partial charge in [-0.1, -0.05) is 19.4 Å². The van der Waals surface area contributed by atoms with Gasteiger partial charge < -0.3 is 9.64 Å². The van der Waals surface area contributed by atoms with Crippen LogP contribution in [0.1, 0.15) is 31.2 Å². The maximum absolute atomic E-state index is 5.35. The van der Waals surface area contributed by atoms with E-state index in [-0.39, 0.29) is 0 Å². The van der Waals surface area contributed by atoms with Gasteiger partial charge in [-0.2, -0.15) is 0 Å². The Hall–Kier alpha value is -1.42. The summed E-state index contributed by atoms with van der Waals surface area (Å²) in [6.45, 7) is 7.47. The molecule has 4 nitrogen and oxygen atoms in total. The molecule has 1 aromatic heterocycles. The number of allylic oxidation sites excluding steroid dienone is 1. The molecule has 2 rings (SSSR count). The van der Waals surface area contributed by atoms with E-state index in [0.29, 0.717) is 0 Å². The van der Waals surface area contributed by atoms with Gasteiger partial charge in [0, 0.05) is 18.8 Å². The smallest absolute Gasteiger partial charge is 0.226 e. The molecule has 0 bridgehead atoms. The number of aryl methyl sites for hydroxylation is 1. The molecule has 0 saturated carbocycles. The first-order valence-electron chi connectivity index (χ1n) is 6.64. The first kappa shape index (κ1) is 13.0. The Balaban J connectivity index is 2.14. The number of hydrogen-bond donors (Lipinski definition) is 0. The molecule has 98 valence electrons. The molecule has 1 saturated heterocycles. The third-order valence-corrected chi connectivity index (χ3v) is 2.90. The Morgan fingerprint density at radius 1 is 1.33 bits per heavy atom. The van der Waals surface area contributed by atoms with E-state index in [1.807, 2.05) is 13.0 Å². The maximum atomic E-state index is 5.35. The summed E-state index contributed by atoms with van der Waals surface area (Å²) in [6, 6.07) is 2.02. The van der Waals surface area contributed by atoms with Crippen molar-refractivity contribution in [3.05, 3.63) is 23.5 Å². The summed E-state index contributed by atoms with van der Waals surface area (Å²) in [6.07, 6.45) is 6.51. The van der Waals surface area contributed by atoms with Gasteiger partial charge in [0.25, 0.3) is 0 Å². The monoisotopic (exact) mass is 247 g/mol. The first-order chi connectivity index (χ1) is 8.79. The molecule has 1 aromatic rings. The molecule has 1 aliphatic rings. The van der Waals surface area contributed by atoms with E-state index in [0.717, 1.165) is 56.5 Å². The van der Waals surface area contributed by atoms with E-state index < -0.39 is 0 Å². The highest BCUT2D eigenvalue weighted by Crippen LogP contribution is 2.13. The third kappa shape index (κ3) is 3.53. The molecule has 0 unspecified atom stereocenters. The van der Waals surface area contributed by atoms with Crippen molar-refractivity contribution in [1.82, 2.24) is 9.97 Å². The van der Waals surface area contributed by atoms with Gasteiger partial charge in [0.05, 0.1) is 18.9 Å². The normalized spacial score (nSPS) is 16.4. The molecule has 0 spiro atoms. The van der Waals surface area contributed by atoms with Gasteiger partial charge in [0.1, 0.15) is 0 Å². The molecule has 0 aliphatic carbocycles. The fraction of sp³-hybridized carbons (Fsp3) is 0.571. The van der Waals surface area contributed by atoms with Gasteiger partial charge in [-0.3, -0.25) is 0 Å². The minimum atomic E-state index is 0.762. The van der Waals surface area contributed by atoms with Crippen LogP contribution in [0.4, 0.5) is 5.95 Å². The lowest BCUT2D eigenvalue weighted by Crippen LogP contribution is -2.37. The van der Waals surface area contributed by atoms with Crippen molar-refractivity contribution < 1.29 is 4.74 Å². The molecular formula is C14H21N3O. The van der Waals surface area contributed by atoms with Gasteiger partial charge >= 0.3 is 0 Å². The van der Waals surface area contributed by atoms with Crippen molar-refractivity contribution in [2.24, 2.45) is 0 Å². The van der Waals surface area contributed by atoms with Crippen LogP contribution in [0, 0.1) is 6.92 Å². The second kappa shape index (κ2) is 6.50. The first-order valence-corrected chi connectivity index (χ1v) is 6.64. The molecule has 1 aliphatic heterocycles. The molecule has 0 N–H and O–H groups in total. The number of rotatable bonds is 4. The summed E-state index contributed by atoms with van der Waals surface area (Å²) in [7, 11) is 0. The highest BCUT2D eigenvalue weighted by molar-refractivity contribution is 5.48. The number of nitrogens with zero attached hydrogens (tertiary/aromatic N) is 3. The van der Waals surface area contributed by atoms with Crippen molar-refractivity contribution in [3.63, 3.8) is 0 Å². The summed E-state index contributed by atoms with van der Waals surface area (Å²) in [4.78, 5) is 11.3. The molecule has 2 heterocycles. The Labute approximate surface area is 109 Å². The summed E-state index contributed by atoms with van der Waals surface area (Å²) < 4.78 is 5.35. The molecular weight excluding hydrogens is 226 g/mol. The molecule has 1 fully saturated rings. The van der Waals surface area contributed by atoms with E-state index in [1.165, 1.54) is 0 Å². The van der Waals surface area contributed by atoms with E-state index >= 15 is 0 Å². The van der Waals surface area contributed by atoms with E-state index in [4.69, 9.17) is 4.74 Å². The second-order valence-corrected chi connectivity index (χ2v) is 4.52. The van der Waals surface area contributed by atoms with Crippen LogP contribution in [-0.4, -0.2) is 36.3 Å². The highest BCUT2D eigenvalue weighted by atomic mass is 16.5. The van der Waals surface area contributed by atoms with Crippen LogP contribution in [-0.2, 0) is 4.74 Å². The van der Waals surface area contributed by atoms with Crippen LogP contribution in [0.3, 0.4) is 0 Å². The lowest BCUT2D eigenvalue weighted by atomic mass is 10.2. The van der Waals surface area contributed by atoms with Gasteiger partial charge in [0.2, 0.25) is 5.95 Å². The summed E-state index contributed by atoms with van der Waals surface area (Å²) >= 11 is 0. The largest absolute Gasteiger partial charge is 0.378 e. The predicted octanol–water partition coefficient (Wildman–Crippen LogP) is 2.43. The zero-order valence-corrected chi connectivity index (χ0v) is 11.2. The van der Waals surface area contributed by atoms with Crippen molar-refractivity contribution in [2.45, 2.75) is 26.7 Å². The zero-order valence-electron chi connectivity index (χ0n) is 11.2. The minimum Gasteiger partial charge on any atom is -0.378 e. The lowest BCUT2D eigenvalue weighted by Gasteiger charge is -2.27. The summed E-state index contributed by atoms with van der Waals surface area (Å²) in [5.74, 6) is 0.828. The molecule has 0 atom stereocenters. The Kier molecular flexibility index (Phi) is 4.70. The number of unbranched alkanes of at least 4 members (excludes halogenated alkanes) is 1. The number of aromatic nitrogens is 2. The predicted molar refractivity (Wildman–Crippen MR) is 73.7 cm³/mol. The second-order valence-electron chi connectivity index (χ2n) is 4.52. The Morgan fingerprint density at radius 2 is 2.11 bits per heavy atom.